The van der Waals surface area contributed by atoms with Crippen LogP contribution in [-0.4, -0.2) is 24.2 Å². The Bertz CT molecular complexity index is 398. The van der Waals surface area contributed by atoms with Crippen molar-refractivity contribution in [2.24, 2.45) is 0 Å². The number of rotatable bonds is 2. The van der Waals surface area contributed by atoms with Gasteiger partial charge < -0.3 is 0 Å². The molecule has 0 fully saturated rings. The number of nitrogens with zero attached hydrogens (tertiary/aromatic N) is 1. The van der Waals surface area contributed by atoms with E-state index in [1.165, 1.54) is 18.3 Å². The van der Waals surface area contributed by atoms with E-state index in [0.29, 0.717) is 6.29 Å². The number of hydrogen-bond acceptors (Lipinski definition) is 4. The van der Waals surface area contributed by atoms with Gasteiger partial charge >= 0.3 is 10.1 Å². The van der Waals surface area contributed by atoms with Crippen molar-refractivity contribution in [1.29, 1.82) is 0 Å². The standard InChI is InChI=1S/C6H5NO4S/c8-4-5-2-1-3-7-6(5)12(9,10)11/h1-4H,(H,9,10,11). The Hall–Kier alpha value is -1.27. The molecule has 0 aliphatic carbocycles. The van der Waals surface area contributed by atoms with Crippen LogP contribution in [0.5, 0.6) is 0 Å². The smallest absolute Gasteiger partial charge is 0.298 e. The Kier molecular flexibility index (Phi) is 2.20. The molecule has 0 spiro atoms. The van der Waals surface area contributed by atoms with Gasteiger partial charge in [-0.2, -0.15) is 8.42 Å². The average molecular weight is 187 g/mol. The first-order chi connectivity index (χ1) is 5.55. The SMILES string of the molecule is O=Cc1cccnc1S(=O)(=O)O. The fourth-order valence-corrected chi connectivity index (χ4v) is 1.32. The molecule has 64 valence electrons. The van der Waals surface area contributed by atoms with Gasteiger partial charge in [-0.25, -0.2) is 4.98 Å². The first-order valence-corrected chi connectivity index (χ1v) is 4.37. The maximum atomic E-state index is 10.5. The van der Waals surface area contributed by atoms with Gasteiger partial charge in [-0.05, 0) is 12.1 Å². The van der Waals surface area contributed by atoms with E-state index in [-0.39, 0.29) is 5.56 Å². The molecule has 0 unspecified atom stereocenters. The third-order valence-corrected chi connectivity index (χ3v) is 2.00. The maximum Gasteiger partial charge on any atom is 0.312 e. The van der Waals surface area contributed by atoms with Crippen LogP contribution in [0.4, 0.5) is 0 Å². The third kappa shape index (κ3) is 1.66. The molecular weight excluding hydrogens is 182 g/mol. The normalized spacial score (nSPS) is 11.1. The summed E-state index contributed by atoms with van der Waals surface area (Å²) in [5.74, 6) is 0. The number of carbonyl (C=O) groups excluding carboxylic acids is 1. The van der Waals surface area contributed by atoms with Crippen molar-refractivity contribution >= 4 is 16.4 Å². The van der Waals surface area contributed by atoms with Crippen molar-refractivity contribution in [3.63, 3.8) is 0 Å². The molecule has 1 aromatic heterocycles. The van der Waals surface area contributed by atoms with Crippen molar-refractivity contribution in [2.45, 2.75) is 5.03 Å². The molecular formula is C6H5NO4S. The van der Waals surface area contributed by atoms with Crippen molar-refractivity contribution < 1.29 is 17.8 Å². The molecule has 0 radical (unpaired) electrons. The van der Waals surface area contributed by atoms with E-state index in [2.05, 4.69) is 4.98 Å². The van der Waals surface area contributed by atoms with Crippen LogP contribution in [0.25, 0.3) is 0 Å². The highest BCUT2D eigenvalue weighted by atomic mass is 32.2. The van der Waals surface area contributed by atoms with Crippen LogP contribution in [0, 0.1) is 0 Å². The average Bonchev–Trinajstić information content (AvgIpc) is 2.03. The summed E-state index contributed by atoms with van der Waals surface area (Å²) in [4.78, 5) is 13.6. The monoisotopic (exact) mass is 187 g/mol. The lowest BCUT2D eigenvalue weighted by atomic mass is 10.3. The van der Waals surface area contributed by atoms with Crippen LogP contribution in [0.2, 0.25) is 0 Å². The number of aromatic nitrogens is 1. The van der Waals surface area contributed by atoms with Gasteiger partial charge in [-0.15, -0.1) is 0 Å². The Morgan fingerprint density at radius 3 is 2.58 bits per heavy atom. The second kappa shape index (κ2) is 3.00. The molecule has 1 aromatic rings. The fraction of sp³-hybridized carbons (Fsp3) is 0. The molecule has 1 N–H and O–H groups in total. The summed E-state index contributed by atoms with van der Waals surface area (Å²) in [6, 6.07) is 2.65. The summed E-state index contributed by atoms with van der Waals surface area (Å²) in [6.07, 6.45) is 1.49. The molecule has 0 amide bonds. The Morgan fingerprint density at radius 2 is 2.17 bits per heavy atom. The van der Waals surface area contributed by atoms with E-state index in [9.17, 15) is 13.2 Å². The van der Waals surface area contributed by atoms with Crippen LogP contribution < -0.4 is 0 Å². The van der Waals surface area contributed by atoms with Crippen molar-refractivity contribution in [1.82, 2.24) is 4.98 Å². The zero-order valence-corrected chi connectivity index (χ0v) is 6.65. The second-order valence-electron chi connectivity index (χ2n) is 1.99. The molecule has 0 atom stereocenters. The molecule has 0 aromatic carbocycles. The topological polar surface area (TPSA) is 84.3 Å². The van der Waals surface area contributed by atoms with Crippen LogP contribution in [0.15, 0.2) is 23.4 Å². The predicted molar refractivity (Wildman–Crippen MR) is 39.4 cm³/mol. The quantitative estimate of drug-likeness (QED) is 0.525. The van der Waals surface area contributed by atoms with Gasteiger partial charge in [0.1, 0.15) is 0 Å². The molecule has 0 bridgehead atoms. The Balaban J connectivity index is 3.43. The summed E-state index contributed by atoms with van der Waals surface area (Å²) in [5.41, 5.74) is -0.153. The second-order valence-corrected chi connectivity index (χ2v) is 3.33. The fourth-order valence-electron chi connectivity index (χ4n) is 0.708. The summed E-state index contributed by atoms with van der Waals surface area (Å²) in [7, 11) is -4.39. The number of pyridine rings is 1. The molecule has 1 heterocycles. The summed E-state index contributed by atoms with van der Waals surface area (Å²) in [6.45, 7) is 0. The molecule has 0 aliphatic heterocycles. The Morgan fingerprint density at radius 1 is 1.50 bits per heavy atom. The lowest BCUT2D eigenvalue weighted by Gasteiger charge is -1.96. The van der Waals surface area contributed by atoms with Crippen molar-refractivity contribution in [3.8, 4) is 0 Å². The lowest BCUT2D eigenvalue weighted by molar-refractivity contribution is 0.111. The summed E-state index contributed by atoms with van der Waals surface area (Å²) < 4.78 is 29.6. The molecule has 0 saturated heterocycles. The van der Waals surface area contributed by atoms with E-state index in [0.717, 1.165) is 0 Å². The van der Waals surface area contributed by atoms with E-state index in [4.69, 9.17) is 4.55 Å². The minimum atomic E-state index is -4.39. The molecule has 6 heteroatoms. The minimum Gasteiger partial charge on any atom is -0.298 e. The largest absolute Gasteiger partial charge is 0.312 e. The third-order valence-electron chi connectivity index (χ3n) is 1.17. The first kappa shape index (κ1) is 8.82. The number of carbonyl (C=O) groups is 1. The zero-order chi connectivity index (χ0) is 9.19. The van der Waals surface area contributed by atoms with Gasteiger partial charge in [-0.3, -0.25) is 9.35 Å². The van der Waals surface area contributed by atoms with E-state index in [1.807, 2.05) is 0 Å². The van der Waals surface area contributed by atoms with Gasteiger partial charge in [0.15, 0.2) is 11.3 Å². The molecule has 0 saturated carbocycles. The highest BCUT2D eigenvalue weighted by Gasteiger charge is 2.15. The highest BCUT2D eigenvalue weighted by molar-refractivity contribution is 7.85. The molecule has 1 rings (SSSR count). The maximum absolute atomic E-state index is 10.5. The summed E-state index contributed by atoms with van der Waals surface area (Å²) in [5, 5.41) is -0.611. The van der Waals surface area contributed by atoms with Gasteiger partial charge in [-0.1, -0.05) is 0 Å². The zero-order valence-electron chi connectivity index (χ0n) is 5.84. The van der Waals surface area contributed by atoms with Gasteiger partial charge in [0.05, 0.1) is 5.56 Å². The Labute approximate surface area is 68.8 Å². The van der Waals surface area contributed by atoms with Crippen LogP contribution >= 0.6 is 0 Å². The van der Waals surface area contributed by atoms with Crippen LogP contribution in [0.1, 0.15) is 10.4 Å². The molecule has 5 nitrogen and oxygen atoms in total. The van der Waals surface area contributed by atoms with Gasteiger partial charge in [0.25, 0.3) is 0 Å². The van der Waals surface area contributed by atoms with E-state index in [1.54, 1.807) is 0 Å². The lowest BCUT2D eigenvalue weighted by Crippen LogP contribution is -2.04. The van der Waals surface area contributed by atoms with Crippen molar-refractivity contribution in [2.75, 3.05) is 0 Å². The van der Waals surface area contributed by atoms with Crippen molar-refractivity contribution in [3.05, 3.63) is 23.9 Å². The van der Waals surface area contributed by atoms with Crippen LogP contribution in [-0.2, 0) is 10.1 Å². The molecule has 0 aliphatic rings. The van der Waals surface area contributed by atoms with Gasteiger partial charge in [0, 0.05) is 6.20 Å². The first-order valence-electron chi connectivity index (χ1n) is 2.93. The van der Waals surface area contributed by atoms with Crippen LogP contribution in [0.3, 0.4) is 0 Å². The van der Waals surface area contributed by atoms with E-state index >= 15 is 0 Å². The number of aldehydes is 1. The molecule has 12 heavy (non-hydrogen) atoms. The number of hydrogen-bond donors (Lipinski definition) is 1. The summed E-state index contributed by atoms with van der Waals surface area (Å²) >= 11 is 0. The minimum absolute atomic E-state index is 0.153. The van der Waals surface area contributed by atoms with E-state index < -0.39 is 15.1 Å². The highest BCUT2D eigenvalue weighted by Crippen LogP contribution is 2.08. The van der Waals surface area contributed by atoms with Gasteiger partial charge in [0.2, 0.25) is 0 Å². The predicted octanol–water partition coefficient (Wildman–Crippen LogP) is 0.141.